The first-order valence-corrected chi connectivity index (χ1v) is 7.05. The van der Waals surface area contributed by atoms with E-state index in [1.54, 1.807) is 0 Å². The number of hydrogen-bond acceptors (Lipinski definition) is 4. The lowest BCUT2D eigenvalue weighted by atomic mass is 9.82. The molecule has 2 atom stereocenters. The highest BCUT2D eigenvalue weighted by Gasteiger charge is 2.28. The van der Waals surface area contributed by atoms with E-state index in [1.165, 1.54) is 12.1 Å². The van der Waals surface area contributed by atoms with Crippen molar-refractivity contribution in [3.8, 4) is 5.75 Å². The number of benzene rings is 1. The first-order chi connectivity index (χ1) is 9.86. The fraction of sp³-hybridized carbons (Fsp3) is 0.533. The number of nitro benzene ring substituents is 1. The molecule has 1 aromatic rings. The lowest BCUT2D eigenvalue weighted by Gasteiger charge is -2.31. The molecule has 0 heterocycles. The Hall–Kier alpha value is -2.11. The van der Waals surface area contributed by atoms with Crippen LogP contribution in [0.15, 0.2) is 18.2 Å². The monoisotopic (exact) mass is 293 g/mol. The summed E-state index contributed by atoms with van der Waals surface area (Å²) < 4.78 is 5.79. The third-order valence-electron chi connectivity index (χ3n) is 3.83. The number of aromatic carboxylic acids is 1. The van der Waals surface area contributed by atoms with Crippen molar-refractivity contribution in [1.29, 1.82) is 0 Å². The topological polar surface area (TPSA) is 89.7 Å². The van der Waals surface area contributed by atoms with E-state index in [0.717, 1.165) is 25.3 Å². The van der Waals surface area contributed by atoms with Crippen molar-refractivity contribution in [1.82, 2.24) is 0 Å². The van der Waals surface area contributed by atoms with Gasteiger partial charge in [0.15, 0.2) is 5.75 Å². The second-order valence-corrected chi connectivity index (χ2v) is 5.90. The molecule has 1 fully saturated rings. The average molecular weight is 293 g/mol. The smallest absolute Gasteiger partial charge is 0.335 e. The van der Waals surface area contributed by atoms with Gasteiger partial charge in [-0.1, -0.05) is 13.8 Å². The summed E-state index contributed by atoms with van der Waals surface area (Å²) in [5.41, 5.74) is -0.403. The summed E-state index contributed by atoms with van der Waals surface area (Å²) in [6, 6.07) is 3.76. The van der Waals surface area contributed by atoms with Crippen LogP contribution in [-0.2, 0) is 0 Å². The van der Waals surface area contributed by atoms with Crippen molar-refractivity contribution in [2.24, 2.45) is 11.8 Å². The zero-order chi connectivity index (χ0) is 15.6. The third-order valence-corrected chi connectivity index (χ3v) is 3.83. The van der Waals surface area contributed by atoms with E-state index in [2.05, 4.69) is 13.8 Å². The Bertz CT molecular complexity index is 547. The number of nitrogens with zero attached hydrogens (tertiary/aromatic N) is 1. The fourth-order valence-electron chi connectivity index (χ4n) is 3.04. The van der Waals surface area contributed by atoms with Gasteiger partial charge in [0, 0.05) is 6.07 Å². The molecule has 0 aromatic heterocycles. The SMILES string of the molecule is CC1CC(C)CC(Oc2ccc(C(=O)O)cc2[N+](=O)[O-])C1. The summed E-state index contributed by atoms with van der Waals surface area (Å²) >= 11 is 0. The maximum atomic E-state index is 11.1. The van der Waals surface area contributed by atoms with Crippen LogP contribution < -0.4 is 4.74 Å². The Kier molecular flexibility index (Phi) is 4.45. The standard InChI is InChI=1S/C15H19NO5/c1-9-5-10(2)7-12(6-9)21-14-4-3-11(15(17)18)8-13(14)16(19)20/h3-4,8-10,12H,5-7H2,1-2H3,(H,17,18). The summed E-state index contributed by atoms with van der Waals surface area (Å²) in [4.78, 5) is 21.4. The zero-order valence-electron chi connectivity index (χ0n) is 12.1. The quantitative estimate of drug-likeness (QED) is 0.677. The van der Waals surface area contributed by atoms with Gasteiger partial charge in [-0.15, -0.1) is 0 Å². The van der Waals surface area contributed by atoms with E-state index in [1.807, 2.05) is 0 Å². The van der Waals surface area contributed by atoms with Crippen LogP contribution in [-0.4, -0.2) is 22.1 Å². The molecular weight excluding hydrogens is 274 g/mol. The molecule has 1 aliphatic rings. The minimum absolute atomic E-state index is 0.0573. The summed E-state index contributed by atoms with van der Waals surface area (Å²) in [5, 5.41) is 20.0. The van der Waals surface area contributed by atoms with E-state index in [-0.39, 0.29) is 23.1 Å². The predicted molar refractivity (Wildman–Crippen MR) is 76.7 cm³/mol. The van der Waals surface area contributed by atoms with Crippen molar-refractivity contribution in [3.63, 3.8) is 0 Å². The van der Waals surface area contributed by atoms with Crippen LogP contribution in [0.1, 0.15) is 43.5 Å². The molecule has 1 saturated carbocycles. The number of nitro groups is 1. The lowest BCUT2D eigenvalue weighted by Crippen LogP contribution is -2.28. The van der Waals surface area contributed by atoms with Crippen LogP contribution in [0.4, 0.5) is 5.69 Å². The highest BCUT2D eigenvalue weighted by Crippen LogP contribution is 2.35. The number of carbonyl (C=O) groups is 1. The van der Waals surface area contributed by atoms with Crippen molar-refractivity contribution in [2.45, 2.75) is 39.2 Å². The molecule has 6 heteroatoms. The maximum Gasteiger partial charge on any atom is 0.335 e. The number of carboxylic acid groups (broad SMARTS) is 1. The van der Waals surface area contributed by atoms with Gasteiger partial charge in [0.1, 0.15) is 0 Å². The average Bonchev–Trinajstić information content (AvgIpc) is 2.37. The third kappa shape index (κ3) is 3.71. The Labute approximate surface area is 122 Å². The van der Waals surface area contributed by atoms with Crippen molar-refractivity contribution in [3.05, 3.63) is 33.9 Å². The first kappa shape index (κ1) is 15.3. The van der Waals surface area contributed by atoms with Gasteiger partial charge in [0.2, 0.25) is 0 Å². The number of rotatable bonds is 4. The van der Waals surface area contributed by atoms with Gasteiger partial charge in [-0.2, -0.15) is 0 Å². The van der Waals surface area contributed by atoms with Gasteiger partial charge in [-0.3, -0.25) is 10.1 Å². The summed E-state index contributed by atoms with van der Waals surface area (Å²) in [6.45, 7) is 4.29. The molecule has 2 unspecified atom stereocenters. The molecule has 114 valence electrons. The second-order valence-electron chi connectivity index (χ2n) is 5.90. The molecule has 0 aliphatic heterocycles. The van der Waals surface area contributed by atoms with Crippen LogP contribution in [0, 0.1) is 22.0 Å². The largest absolute Gasteiger partial charge is 0.483 e. The molecule has 0 spiro atoms. The lowest BCUT2D eigenvalue weighted by molar-refractivity contribution is -0.386. The molecule has 1 aromatic carbocycles. The molecule has 0 bridgehead atoms. The molecule has 6 nitrogen and oxygen atoms in total. The van der Waals surface area contributed by atoms with Crippen molar-refractivity contribution >= 4 is 11.7 Å². The molecule has 21 heavy (non-hydrogen) atoms. The van der Waals surface area contributed by atoms with Crippen molar-refractivity contribution < 1.29 is 19.6 Å². The second kappa shape index (κ2) is 6.11. The molecule has 0 amide bonds. The van der Waals surface area contributed by atoms with E-state index in [4.69, 9.17) is 9.84 Å². The fourth-order valence-corrected chi connectivity index (χ4v) is 3.04. The Morgan fingerprint density at radius 2 is 1.90 bits per heavy atom. The number of hydrogen-bond donors (Lipinski definition) is 1. The minimum atomic E-state index is -1.19. The van der Waals surface area contributed by atoms with E-state index in [0.29, 0.717) is 11.8 Å². The van der Waals surface area contributed by atoms with Crippen LogP contribution in [0.5, 0.6) is 5.75 Å². The molecule has 0 saturated heterocycles. The van der Waals surface area contributed by atoms with E-state index >= 15 is 0 Å². The molecule has 0 radical (unpaired) electrons. The van der Waals surface area contributed by atoms with Crippen LogP contribution in [0.3, 0.4) is 0 Å². The van der Waals surface area contributed by atoms with Crippen molar-refractivity contribution in [2.75, 3.05) is 0 Å². The normalized spacial score (nSPS) is 25.3. The summed E-state index contributed by atoms with van der Waals surface area (Å²) in [5.74, 6) is 0.00746. The Morgan fingerprint density at radius 3 is 2.43 bits per heavy atom. The molecule has 1 N–H and O–H groups in total. The Morgan fingerprint density at radius 1 is 1.29 bits per heavy atom. The Balaban J connectivity index is 2.23. The highest BCUT2D eigenvalue weighted by molar-refractivity contribution is 5.88. The summed E-state index contributed by atoms with van der Waals surface area (Å²) in [6.07, 6.45) is 2.81. The predicted octanol–water partition coefficient (Wildman–Crippen LogP) is 3.50. The van der Waals surface area contributed by atoms with Gasteiger partial charge < -0.3 is 9.84 Å². The summed E-state index contributed by atoms with van der Waals surface area (Å²) in [7, 11) is 0. The van der Waals surface area contributed by atoms with E-state index in [9.17, 15) is 14.9 Å². The van der Waals surface area contributed by atoms with Crippen LogP contribution in [0.2, 0.25) is 0 Å². The van der Waals surface area contributed by atoms with Crippen LogP contribution in [0.25, 0.3) is 0 Å². The van der Waals surface area contributed by atoms with E-state index < -0.39 is 10.9 Å². The number of carboxylic acids is 1. The van der Waals surface area contributed by atoms with Gasteiger partial charge >= 0.3 is 11.7 Å². The minimum Gasteiger partial charge on any atom is -0.483 e. The molecule has 2 rings (SSSR count). The van der Waals surface area contributed by atoms with Gasteiger partial charge in [-0.25, -0.2) is 4.79 Å². The zero-order valence-corrected chi connectivity index (χ0v) is 12.1. The van der Waals surface area contributed by atoms with Gasteiger partial charge in [-0.05, 0) is 43.2 Å². The highest BCUT2D eigenvalue weighted by atomic mass is 16.6. The van der Waals surface area contributed by atoms with Gasteiger partial charge in [0.05, 0.1) is 16.6 Å². The maximum absolute atomic E-state index is 11.1. The molecule has 1 aliphatic carbocycles. The van der Waals surface area contributed by atoms with Gasteiger partial charge in [0.25, 0.3) is 0 Å². The first-order valence-electron chi connectivity index (χ1n) is 7.05. The van der Waals surface area contributed by atoms with Crippen LogP contribution >= 0.6 is 0 Å². The molecular formula is C15H19NO5. The number of ether oxygens (including phenoxy) is 1.